The number of nitrogens with zero attached hydrogens (tertiary/aromatic N) is 2. The van der Waals surface area contributed by atoms with Crippen molar-refractivity contribution < 1.29 is 28.2 Å². The predicted octanol–water partition coefficient (Wildman–Crippen LogP) is 3.04. The van der Waals surface area contributed by atoms with E-state index in [0.717, 1.165) is 0 Å². The lowest BCUT2D eigenvalue weighted by atomic mass is 9.95. The summed E-state index contributed by atoms with van der Waals surface area (Å²) in [6, 6.07) is 13.1. The fourth-order valence-electron chi connectivity index (χ4n) is 3.54. The van der Waals surface area contributed by atoms with Gasteiger partial charge in [-0.1, -0.05) is 30.3 Å². The molecule has 0 bridgehead atoms. The number of urea groups is 1. The maximum absolute atomic E-state index is 13.3. The van der Waals surface area contributed by atoms with Gasteiger partial charge in [-0.05, 0) is 36.8 Å². The van der Waals surface area contributed by atoms with Crippen molar-refractivity contribution in [2.24, 2.45) is 0 Å². The molecule has 2 amide bonds. The number of imidazole rings is 1. The highest BCUT2D eigenvalue weighted by Crippen LogP contribution is 2.28. The SMILES string of the molecule is CCOC(=O)C1=C(COC(=O)c2cncn2-c2ccc(F)cc2)NC(=O)N[C@@H]1c1ccccc1. The van der Waals surface area contributed by atoms with Crippen molar-refractivity contribution in [3.05, 3.63) is 95.5 Å². The van der Waals surface area contributed by atoms with Crippen molar-refractivity contribution >= 4 is 18.0 Å². The number of benzene rings is 2. The summed E-state index contributed by atoms with van der Waals surface area (Å²) >= 11 is 0. The second kappa shape index (κ2) is 9.99. The van der Waals surface area contributed by atoms with Crippen molar-refractivity contribution in [2.75, 3.05) is 13.2 Å². The van der Waals surface area contributed by atoms with E-state index in [4.69, 9.17) is 9.47 Å². The lowest BCUT2D eigenvalue weighted by Crippen LogP contribution is -2.47. The van der Waals surface area contributed by atoms with E-state index in [0.29, 0.717) is 11.3 Å². The molecule has 34 heavy (non-hydrogen) atoms. The Labute approximate surface area is 194 Å². The van der Waals surface area contributed by atoms with Crippen LogP contribution in [0.5, 0.6) is 0 Å². The number of halogens is 1. The monoisotopic (exact) mass is 464 g/mol. The zero-order chi connectivity index (χ0) is 24.1. The van der Waals surface area contributed by atoms with Crippen LogP contribution in [0.4, 0.5) is 9.18 Å². The minimum absolute atomic E-state index is 0.0877. The van der Waals surface area contributed by atoms with E-state index >= 15 is 0 Å². The summed E-state index contributed by atoms with van der Waals surface area (Å²) in [4.78, 5) is 41.9. The van der Waals surface area contributed by atoms with E-state index in [1.54, 1.807) is 31.2 Å². The second-order valence-electron chi connectivity index (χ2n) is 7.26. The topological polar surface area (TPSA) is 112 Å². The van der Waals surface area contributed by atoms with Crippen LogP contribution in [0, 0.1) is 5.82 Å². The maximum Gasteiger partial charge on any atom is 0.357 e. The van der Waals surface area contributed by atoms with Crippen LogP contribution in [0.2, 0.25) is 0 Å². The standard InChI is InChI=1S/C24H21FN4O5/c1-2-33-23(31)20-18(27-24(32)28-21(20)15-6-4-3-5-7-15)13-34-22(30)19-12-26-14-29(19)17-10-8-16(25)9-11-17/h3-12,14,21H,2,13H2,1H3,(H2,27,28,32)/t21-/m1/s1. The quantitative estimate of drug-likeness (QED) is 0.520. The number of esters is 2. The summed E-state index contributed by atoms with van der Waals surface area (Å²) in [6.07, 6.45) is 2.70. The van der Waals surface area contributed by atoms with Gasteiger partial charge in [-0.25, -0.2) is 23.8 Å². The fraction of sp³-hybridized carbons (Fsp3) is 0.167. The van der Waals surface area contributed by atoms with E-state index in [1.807, 2.05) is 6.07 Å². The van der Waals surface area contributed by atoms with Gasteiger partial charge in [0.05, 0.1) is 36.4 Å². The van der Waals surface area contributed by atoms with Crippen molar-refractivity contribution in [2.45, 2.75) is 13.0 Å². The Bertz CT molecular complexity index is 1240. The van der Waals surface area contributed by atoms with E-state index in [9.17, 15) is 18.8 Å². The number of carbonyl (C=O) groups is 3. The molecule has 3 aromatic rings. The number of nitrogens with one attached hydrogen (secondary N) is 2. The molecular weight excluding hydrogens is 443 g/mol. The average Bonchev–Trinajstić information content (AvgIpc) is 3.33. The Morgan fingerprint density at radius 1 is 1.06 bits per heavy atom. The Morgan fingerprint density at radius 3 is 2.50 bits per heavy atom. The Morgan fingerprint density at radius 2 is 1.79 bits per heavy atom. The number of carbonyl (C=O) groups excluding carboxylic acids is 3. The van der Waals surface area contributed by atoms with Crippen molar-refractivity contribution in [3.8, 4) is 5.69 Å². The molecule has 2 heterocycles. The summed E-state index contributed by atoms with van der Waals surface area (Å²) in [6.45, 7) is 1.40. The smallest absolute Gasteiger partial charge is 0.357 e. The number of ether oxygens (including phenoxy) is 2. The first kappa shape index (κ1) is 22.7. The lowest BCUT2D eigenvalue weighted by Gasteiger charge is -2.29. The average molecular weight is 464 g/mol. The molecule has 0 fully saturated rings. The molecule has 0 saturated heterocycles. The molecule has 4 rings (SSSR count). The highest BCUT2D eigenvalue weighted by molar-refractivity contribution is 5.95. The third-order valence-electron chi connectivity index (χ3n) is 5.08. The molecule has 2 aromatic carbocycles. The van der Waals surface area contributed by atoms with Crippen LogP contribution in [-0.4, -0.2) is 40.7 Å². The highest BCUT2D eigenvalue weighted by atomic mass is 19.1. The first-order chi connectivity index (χ1) is 16.5. The van der Waals surface area contributed by atoms with Gasteiger partial charge in [-0.3, -0.25) is 4.57 Å². The minimum Gasteiger partial charge on any atom is -0.463 e. The van der Waals surface area contributed by atoms with Gasteiger partial charge < -0.3 is 20.1 Å². The Hall–Kier alpha value is -4.47. The van der Waals surface area contributed by atoms with Crippen LogP contribution in [0.15, 0.2) is 78.4 Å². The Kier molecular flexibility index (Phi) is 6.67. The van der Waals surface area contributed by atoms with Crippen LogP contribution < -0.4 is 10.6 Å². The zero-order valence-corrected chi connectivity index (χ0v) is 18.2. The van der Waals surface area contributed by atoms with E-state index < -0.39 is 36.4 Å². The van der Waals surface area contributed by atoms with Gasteiger partial charge in [0.15, 0.2) is 5.69 Å². The van der Waals surface area contributed by atoms with E-state index in [1.165, 1.54) is 41.4 Å². The maximum atomic E-state index is 13.3. The van der Waals surface area contributed by atoms with E-state index in [-0.39, 0.29) is 23.6 Å². The molecule has 0 aliphatic carbocycles. The summed E-state index contributed by atoms with van der Waals surface area (Å²) in [5.41, 5.74) is 1.50. The third-order valence-corrected chi connectivity index (χ3v) is 5.08. The van der Waals surface area contributed by atoms with Crippen LogP contribution >= 0.6 is 0 Å². The van der Waals surface area contributed by atoms with E-state index in [2.05, 4.69) is 15.6 Å². The number of aromatic nitrogens is 2. The predicted molar refractivity (Wildman–Crippen MR) is 118 cm³/mol. The number of hydrogen-bond donors (Lipinski definition) is 2. The Balaban J connectivity index is 1.61. The largest absolute Gasteiger partial charge is 0.463 e. The number of hydrogen-bond acceptors (Lipinski definition) is 6. The molecule has 0 spiro atoms. The van der Waals surface area contributed by atoms with Crippen LogP contribution in [0.25, 0.3) is 5.69 Å². The molecule has 9 nitrogen and oxygen atoms in total. The molecular formula is C24H21FN4O5. The van der Waals surface area contributed by atoms with Gasteiger partial charge in [0.25, 0.3) is 0 Å². The molecule has 174 valence electrons. The fourth-order valence-corrected chi connectivity index (χ4v) is 3.54. The molecule has 0 radical (unpaired) electrons. The minimum atomic E-state index is -0.785. The molecule has 1 aromatic heterocycles. The van der Waals surface area contributed by atoms with Gasteiger partial charge in [-0.15, -0.1) is 0 Å². The molecule has 0 unspecified atom stereocenters. The van der Waals surface area contributed by atoms with Crippen LogP contribution in [-0.2, 0) is 14.3 Å². The van der Waals surface area contributed by atoms with Crippen molar-refractivity contribution in [1.29, 1.82) is 0 Å². The summed E-state index contributed by atoms with van der Waals surface area (Å²) in [5, 5.41) is 5.25. The van der Waals surface area contributed by atoms with Gasteiger partial charge in [0.1, 0.15) is 12.4 Å². The summed E-state index contributed by atoms with van der Waals surface area (Å²) < 4.78 is 25.3. The van der Waals surface area contributed by atoms with Gasteiger partial charge in [0, 0.05) is 5.69 Å². The normalized spacial score (nSPS) is 15.4. The molecule has 1 aliphatic heterocycles. The number of rotatable bonds is 7. The zero-order valence-electron chi connectivity index (χ0n) is 18.2. The third kappa shape index (κ3) is 4.80. The molecule has 2 N–H and O–H groups in total. The van der Waals surface area contributed by atoms with Gasteiger partial charge in [-0.2, -0.15) is 0 Å². The molecule has 1 atom stereocenters. The summed E-state index contributed by atoms with van der Waals surface area (Å²) in [5.74, 6) is -1.81. The second-order valence-corrected chi connectivity index (χ2v) is 7.26. The molecule has 0 saturated carbocycles. The van der Waals surface area contributed by atoms with Crippen LogP contribution in [0.1, 0.15) is 29.0 Å². The first-order valence-corrected chi connectivity index (χ1v) is 10.5. The van der Waals surface area contributed by atoms with Gasteiger partial charge in [0.2, 0.25) is 0 Å². The number of amides is 2. The lowest BCUT2D eigenvalue weighted by molar-refractivity contribution is -0.139. The highest BCUT2D eigenvalue weighted by Gasteiger charge is 2.34. The summed E-state index contributed by atoms with van der Waals surface area (Å²) in [7, 11) is 0. The molecule has 1 aliphatic rings. The van der Waals surface area contributed by atoms with Crippen LogP contribution in [0.3, 0.4) is 0 Å². The van der Waals surface area contributed by atoms with Crippen molar-refractivity contribution in [1.82, 2.24) is 20.2 Å². The van der Waals surface area contributed by atoms with Gasteiger partial charge >= 0.3 is 18.0 Å². The van der Waals surface area contributed by atoms with Crippen molar-refractivity contribution in [3.63, 3.8) is 0 Å². The molecule has 10 heteroatoms. The first-order valence-electron chi connectivity index (χ1n) is 10.5.